The van der Waals surface area contributed by atoms with Crippen molar-refractivity contribution in [1.29, 1.82) is 0 Å². The van der Waals surface area contributed by atoms with Gasteiger partial charge in [0.1, 0.15) is 5.78 Å². The van der Waals surface area contributed by atoms with Crippen molar-refractivity contribution in [1.82, 2.24) is 0 Å². The molecule has 18 heavy (non-hydrogen) atoms. The van der Waals surface area contributed by atoms with E-state index in [2.05, 4.69) is 11.7 Å². The summed E-state index contributed by atoms with van der Waals surface area (Å²) in [4.78, 5) is 22.3. The Bertz CT molecular complexity index is 224. The Morgan fingerprint density at radius 3 is 1.89 bits per heavy atom. The van der Waals surface area contributed by atoms with Gasteiger partial charge in [-0.1, -0.05) is 51.9 Å². The summed E-state index contributed by atoms with van der Waals surface area (Å²) >= 11 is 0. The van der Waals surface area contributed by atoms with Crippen LogP contribution >= 0.6 is 0 Å². The minimum Gasteiger partial charge on any atom is -0.469 e. The van der Waals surface area contributed by atoms with E-state index in [9.17, 15) is 9.59 Å². The molecule has 0 saturated heterocycles. The summed E-state index contributed by atoms with van der Waals surface area (Å²) in [6.07, 6.45) is 11.1. The van der Waals surface area contributed by atoms with Gasteiger partial charge in [-0.3, -0.25) is 9.59 Å². The number of hydrogen-bond acceptors (Lipinski definition) is 3. The predicted octanol–water partition coefficient (Wildman–Crippen LogP) is 4.04. The topological polar surface area (TPSA) is 43.4 Å². The van der Waals surface area contributed by atoms with E-state index in [0.717, 1.165) is 12.8 Å². The van der Waals surface area contributed by atoms with E-state index < -0.39 is 0 Å². The second-order valence-corrected chi connectivity index (χ2v) is 4.84. The Morgan fingerprint density at radius 2 is 1.33 bits per heavy atom. The van der Waals surface area contributed by atoms with E-state index in [1.54, 1.807) is 0 Å². The van der Waals surface area contributed by atoms with Gasteiger partial charge in [0.05, 0.1) is 13.5 Å². The average Bonchev–Trinajstić information content (AvgIpc) is 2.39. The van der Waals surface area contributed by atoms with Crippen LogP contribution in [0.1, 0.15) is 77.6 Å². The highest BCUT2D eigenvalue weighted by Gasteiger charge is 2.06. The van der Waals surface area contributed by atoms with Crippen molar-refractivity contribution >= 4 is 11.8 Å². The molecule has 0 rings (SSSR count). The highest BCUT2D eigenvalue weighted by atomic mass is 16.5. The molecular weight excluding hydrogens is 228 g/mol. The van der Waals surface area contributed by atoms with Crippen LogP contribution in [0.2, 0.25) is 0 Å². The van der Waals surface area contributed by atoms with Crippen molar-refractivity contribution in [3.05, 3.63) is 0 Å². The van der Waals surface area contributed by atoms with E-state index in [4.69, 9.17) is 0 Å². The molecule has 0 aromatic rings. The lowest BCUT2D eigenvalue weighted by atomic mass is 10.0. The third-order valence-corrected chi connectivity index (χ3v) is 3.14. The molecule has 0 aromatic carbocycles. The summed E-state index contributed by atoms with van der Waals surface area (Å²) < 4.78 is 4.50. The zero-order chi connectivity index (χ0) is 13.6. The highest BCUT2D eigenvalue weighted by molar-refractivity contribution is 5.82. The van der Waals surface area contributed by atoms with Crippen molar-refractivity contribution in [3.8, 4) is 0 Å². The summed E-state index contributed by atoms with van der Waals surface area (Å²) in [7, 11) is 1.35. The van der Waals surface area contributed by atoms with Crippen LogP contribution < -0.4 is 0 Å². The number of rotatable bonds is 12. The van der Waals surface area contributed by atoms with Gasteiger partial charge in [0.15, 0.2) is 0 Å². The zero-order valence-corrected chi connectivity index (χ0v) is 12.0. The number of unbranched alkanes of at least 4 members (excludes halogenated alkanes) is 7. The van der Waals surface area contributed by atoms with Gasteiger partial charge in [0, 0.05) is 12.8 Å². The largest absolute Gasteiger partial charge is 0.469 e. The first-order valence-electron chi connectivity index (χ1n) is 7.29. The van der Waals surface area contributed by atoms with E-state index in [-0.39, 0.29) is 18.2 Å². The third kappa shape index (κ3) is 11.6. The molecule has 0 spiro atoms. The van der Waals surface area contributed by atoms with Crippen LogP contribution in [0.3, 0.4) is 0 Å². The summed E-state index contributed by atoms with van der Waals surface area (Å²) in [6.45, 7) is 2.22. The highest BCUT2D eigenvalue weighted by Crippen LogP contribution is 2.10. The summed E-state index contributed by atoms with van der Waals surface area (Å²) in [5, 5.41) is 0. The van der Waals surface area contributed by atoms with Crippen molar-refractivity contribution in [2.45, 2.75) is 77.6 Å². The fraction of sp³-hybridized carbons (Fsp3) is 0.867. The maximum atomic E-state index is 11.4. The van der Waals surface area contributed by atoms with Crippen molar-refractivity contribution in [2.75, 3.05) is 7.11 Å². The first kappa shape index (κ1) is 17.1. The molecule has 0 fully saturated rings. The number of Topliss-reactive ketones (excluding diaryl/α,β-unsaturated/α-hetero) is 1. The molecule has 3 nitrogen and oxygen atoms in total. The molecule has 0 N–H and O–H groups in total. The molecule has 106 valence electrons. The van der Waals surface area contributed by atoms with Gasteiger partial charge in [-0.2, -0.15) is 0 Å². The van der Waals surface area contributed by atoms with Crippen LogP contribution in [0.25, 0.3) is 0 Å². The standard InChI is InChI=1S/C15H28O3/c1-3-4-5-6-7-8-9-10-11-14(16)12-13-15(17)18-2/h3-13H2,1-2H3. The minimum atomic E-state index is -0.292. The molecule has 0 aliphatic heterocycles. The second-order valence-electron chi connectivity index (χ2n) is 4.84. The summed E-state index contributed by atoms with van der Waals surface area (Å²) in [5.41, 5.74) is 0. The average molecular weight is 256 g/mol. The fourth-order valence-electron chi connectivity index (χ4n) is 1.92. The van der Waals surface area contributed by atoms with Gasteiger partial charge >= 0.3 is 5.97 Å². The lowest BCUT2D eigenvalue weighted by Gasteiger charge is -2.02. The summed E-state index contributed by atoms with van der Waals surface area (Å²) in [6, 6.07) is 0. The van der Waals surface area contributed by atoms with E-state index in [1.807, 2.05) is 0 Å². The lowest BCUT2D eigenvalue weighted by Crippen LogP contribution is -2.05. The molecule has 0 aliphatic rings. The van der Waals surface area contributed by atoms with E-state index in [1.165, 1.54) is 45.6 Å². The Hall–Kier alpha value is -0.860. The first-order chi connectivity index (χ1) is 8.70. The number of methoxy groups -OCH3 is 1. The van der Waals surface area contributed by atoms with Gasteiger partial charge < -0.3 is 4.74 Å². The maximum absolute atomic E-state index is 11.4. The SMILES string of the molecule is CCCCCCCCCCC(=O)CCC(=O)OC. The van der Waals surface area contributed by atoms with Crippen LogP contribution in [0.15, 0.2) is 0 Å². The number of esters is 1. The van der Waals surface area contributed by atoms with Gasteiger partial charge in [0.2, 0.25) is 0 Å². The fourth-order valence-corrected chi connectivity index (χ4v) is 1.92. The molecule has 0 aromatic heterocycles. The summed E-state index contributed by atoms with van der Waals surface area (Å²) in [5.74, 6) is -0.106. The van der Waals surface area contributed by atoms with Crippen molar-refractivity contribution in [2.24, 2.45) is 0 Å². The molecular formula is C15H28O3. The van der Waals surface area contributed by atoms with E-state index in [0.29, 0.717) is 12.8 Å². The number of ether oxygens (including phenoxy) is 1. The Labute approximate surface area is 111 Å². The predicted molar refractivity (Wildman–Crippen MR) is 73.5 cm³/mol. The molecule has 3 heteroatoms. The molecule has 0 bridgehead atoms. The molecule has 0 amide bonds. The van der Waals surface area contributed by atoms with Gasteiger partial charge in [-0.25, -0.2) is 0 Å². The molecule has 0 unspecified atom stereocenters. The first-order valence-corrected chi connectivity index (χ1v) is 7.29. The zero-order valence-electron chi connectivity index (χ0n) is 12.0. The molecule has 0 atom stereocenters. The number of ketones is 1. The minimum absolute atomic E-state index is 0.186. The number of carbonyl (C=O) groups is 2. The number of hydrogen-bond donors (Lipinski definition) is 0. The van der Waals surface area contributed by atoms with Crippen LogP contribution in [-0.4, -0.2) is 18.9 Å². The lowest BCUT2D eigenvalue weighted by molar-refractivity contribution is -0.141. The van der Waals surface area contributed by atoms with Gasteiger partial charge in [0.25, 0.3) is 0 Å². The van der Waals surface area contributed by atoms with Crippen molar-refractivity contribution < 1.29 is 14.3 Å². The normalized spacial score (nSPS) is 10.3. The molecule has 0 aliphatic carbocycles. The van der Waals surface area contributed by atoms with Crippen LogP contribution in [-0.2, 0) is 14.3 Å². The Balaban J connectivity index is 3.22. The quantitative estimate of drug-likeness (QED) is 0.391. The smallest absolute Gasteiger partial charge is 0.305 e. The van der Waals surface area contributed by atoms with Crippen LogP contribution in [0, 0.1) is 0 Å². The molecule has 0 radical (unpaired) electrons. The number of carbonyl (C=O) groups excluding carboxylic acids is 2. The van der Waals surface area contributed by atoms with Crippen LogP contribution in [0.5, 0.6) is 0 Å². The Morgan fingerprint density at radius 1 is 0.778 bits per heavy atom. The van der Waals surface area contributed by atoms with Crippen LogP contribution in [0.4, 0.5) is 0 Å². The van der Waals surface area contributed by atoms with Crippen molar-refractivity contribution in [3.63, 3.8) is 0 Å². The van der Waals surface area contributed by atoms with Gasteiger partial charge in [-0.05, 0) is 6.42 Å². The maximum Gasteiger partial charge on any atom is 0.305 e. The second kappa shape index (κ2) is 12.6. The Kier molecular flexibility index (Phi) is 12.0. The van der Waals surface area contributed by atoms with E-state index >= 15 is 0 Å². The van der Waals surface area contributed by atoms with Gasteiger partial charge in [-0.15, -0.1) is 0 Å². The molecule has 0 heterocycles. The molecule has 0 saturated carbocycles. The monoisotopic (exact) mass is 256 g/mol. The third-order valence-electron chi connectivity index (χ3n) is 3.14.